The molecule has 1 aromatic carbocycles. The molecule has 0 amide bonds. The lowest BCUT2D eigenvalue weighted by Gasteiger charge is -2.26. The zero-order valence-corrected chi connectivity index (χ0v) is 14.3. The van der Waals surface area contributed by atoms with Gasteiger partial charge in [-0.3, -0.25) is 4.98 Å². The molecule has 1 atom stereocenters. The number of nitrogens with two attached hydrogens (primary N) is 1. The van der Waals surface area contributed by atoms with Crippen molar-refractivity contribution >= 4 is 43.5 Å². The smallest absolute Gasteiger partial charge is 0.0467 e. The van der Waals surface area contributed by atoms with E-state index < -0.39 is 5.54 Å². The lowest BCUT2D eigenvalue weighted by molar-refractivity contribution is 0.491. The van der Waals surface area contributed by atoms with Gasteiger partial charge in [0, 0.05) is 31.9 Å². The molecule has 0 saturated heterocycles. The van der Waals surface area contributed by atoms with E-state index >= 15 is 0 Å². The average molecular weight is 405 g/mol. The van der Waals surface area contributed by atoms with Crippen LogP contribution in [0.3, 0.4) is 0 Å². The highest BCUT2D eigenvalue weighted by Crippen LogP contribution is 2.31. The number of rotatable bonds is 3. The Morgan fingerprint density at radius 2 is 1.95 bits per heavy atom. The third-order valence-corrected chi connectivity index (χ3v) is 4.12. The molecule has 0 radical (unpaired) electrons. The fourth-order valence-electron chi connectivity index (χ4n) is 2.02. The summed E-state index contributed by atoms with van der Waals surface area (Å²) in [6.07, 6.45) is 4.24. The summed E-state index contributed by atoms with van der Waals surface area (Å²) in [6.45, 7) is 1.98. The standard InChI is InChI=1S/C14H13Br2ClN2/c1-14(18,6-9-4-11(16)8-19-7-9)12-3-2-10(15)5-13(12)17/h2-5,7-8H,6,18H2,1H3. The molecule has 2 aromatic rings. The van der Waals surface area contributed by atoms with Crippen LogP contribution in [0.25, 0.3) is 0 Å². The Balaban J connectivity index is 2.31. The van der Waals surface area contributed by atoms with Gasteiger partial charge in [-0.1, -0.05) is 33.6 Å². The minimum absolute atomic E-state index is 0.541. The second kappa shape index (κ2) is 5.92. The minimum atomic E-state index is -0.541. The molecular weight excluding hydrogens is 391 g/mol. The summed E-state index contributed by atoms with van der Waals surface area (Å²) >= 11 is 13.1. The number of benzene rings is 1. The van der Waals surface area contributed by atoms with Crippen LogP contribution >= 0.6 is 43.5 Å². The molecule has 2 nitrogen and oxygen atoms in total. The Kier molecular flexibility index (Phi) is 4.66. The molecule has 0 aliphatic carbocycles. The Morgan fingerprint density at radius 3 is 2.58 bits per heavy atom. The lowest BCUT2D eigenvalue weighted by Crippen LogP contribution is -2.35. The van der Waals surface area contributed by atoms with E-state index in [9.17, 15) is 0 Å². The highest BCUT2D eigenvalue weighted by atomic mass is 79.9. The van der Waals surface area contributed by atoms with Gasteiger partial charge in [-0.2, -0.15) is 0 Å². The SMILES string of the molecule is CC(N)(Cc1cncc(Br)c1)c1ccc(Br)cc1Cl. The summed E-state index contributed by atoms with van der Waals surface area (Å²) in [4.78, 5) is 4.16. The van der Waals surface area contributed by atoms with Crippen LogP contribution in [0.15, 0.2) is 45.6 Å². The maximum absolute atomic E-state index is 6.43. The van der Waals surface area contributed by atoms with E-state index in [-0.39, 0.29) is 0 Å². The van der Waals surface area contributed by atoms with Gasteiger partial charge >= 0.3 is 0 Å². The van der Waals surface area contributed by atoms with Crippen molar-refractivity contribution < 1.29 is 0 Å². The predicted molar refractivity (Wildman–Crippen MR) is 86.3 cm³/mol. The maximum Gasteiger partial charge on any atom is 0.0467 e. The zero-order valence-electron chi connectivity index (χ0n) is 10.3. The van der Waals surface area contributed by atoms with E-state index in [4.69, 9.17) is 17.3 Å². The summed E-state index contributed by atoms with van der Waals surface area (Å²) in [6, 6.07) is 7.79. The Morgan fingerprint density at radius 1 is 1.21 bits per heavy atom. The fraction of sp³-hybridized carbons (Fsp3) is 0.214. The van der Waals surface area contributed by atoms with Crippen LogP contribution in [0.5, 0.6) is 0 Å². The highest BCUT2D eigenvalue weighted by Gasteiger charge is 2.24. The minimum Gasteiger partial charge on any atom is -0.321 e. The van der Waals surface area contributed by atoms with Crippen LogP contribution in [0, 0.1) is 0 Å². The van der Waals surface area contributed by atoms with Crippen molar-refractivity contribution in [3.63, 3.8) is 0 Å². The molecule has 2 rings (SSSR count). The topological polar surface area (TPSA) is 38.9 Å². The van der Waals surface area contributed by atoms with Crippen molar-refractivity contribution in [2.24, 2.45) is 5.73 Å². The van der Waals surface area contributed by atoms with Gasteiger partial charge in [0.05, 0.1) is 0 Å². The number of hydrogen-bond donors (Lipinski definition) is 1. The first-order valence-corrected chi connectivity index (χ1v) is 7.69. The van der Waals surface area contributed by atoms with Crippen molar-refractivity contribution in [1.82, 2.24) is 4.98 Å². The van der Waals surface area contributed by atoms with Gasteiger partial charge in [-0.05, 0) is 58.6 Å². The Hall–Kier alpha value is -0.420. The van der Waals surface area contributed by atoms with Crippen LogP contribution in [0.2, 0.25) is 5.02 Å². The van der Waals surface area contributed by atoms with Gasteiger partial charge < -0.3 is 5.73 Å². The summed E-state index contributed by atoms with van der Waals surface area (Å²) < 4.78 is 1.89. The molecule has 100 valence electrons. The van der Waals surface area contributed by atoms with Crippen LogP contribution < -0.4 is 5.73 Å². The van der Waals surface area contributed by atoms with E-state index in [2.05, 4.69) is 36.8 Å². The monoisotopic (exact) mass is 402 g/mol. The van der Waals surface area contributed by atoms with Crippen LogP contribution in [0.1, 0.15) is 18.1 Å². The first kappa shape index (κ1) is 15.0. The molecule has 1 aromatic heterocycles. The van der Waals surface area contributed by atoms with Gasteiger partial charge in [0.15, 0.2) is 0 Å². The largest absolute Gasteiger partial charge is 0.321 e. The molecule has 0 aliphatic rings. The number of nitrogens with zero attached hydrogens (tertiary/aromatic N) is 1. The zero-order chi connectivity index (χ0) is 14.0. The van der Waals surface area contributed by atoms with Crippen LogP contribution in [-0.4, -0.2) is 4.98 Å². The summed E-state index contributed by atoms with van der Waals surface area (Å²) in [7, 11) is 0. The van der Waals surface area contributed by atoms with E-state index in [0.29, 0.717) is 11.4 Å². The fourth-order valence-corrected chi connectivity index (χ4v) is 3.33. The van der Waals surface area contributed by atoms with Gasteiger partial charge in [-0.25, -0.2) is 0 Å². The van der Waals surface area contributed by atoms with E-state index in [0.717, 1.165) is 20.1 Å². The van der Waals surface area contributed by atoms with E-state index in [1.54, 1.807) is 6.20 Å². The van der Waals surface area contributed by atoms with E-state index in [1.807, 2.05) is 37.4 Å². The predicted octanol–water partition coefficient (Wildman–Crippen LogP) is 4.68. The quantitative estimate of drug-likeness (QED) is 0.807. The normalized spacial score (nSPS) is 14.2. The first-order chi connectivity index (χ1) is 8.88. The van der Waals surface area contributed by atoms with Crippen molar-refractivity contribution in [1.29, 1.82) is 0 Å². The highest BCUT2D eigenvalue weighted by molar-refractivity contribution is 9.10. The first-order valence-electron chi connectivity index (χ1n) is 5.72. The second-order valence-electron chi connectivity index (χ2n) is 4.73. The molecular formula is C14H13Br2ClN2. The van der Waals surface area contributed by atoms with Crippen LogP contribution in [0.4, 0.5) is 0 Å². The molecule has 0 bridgehead atoms. The number of hydrogen-bond acceptors (Lipinski definition) is 2. The van der Waals surface area contributed by atoms with Crippen molar-refractivity contribution in [3.05, 3.63) is 61.8 Å². The number of halogens is 3. The second-order valence-corrected chi connectivity index (χ2v) is 6.97. The molecule has 0 fully saturated rings. The molecule has 0 aliphatic heterocycles. The molecule has 1 heterocycles. The molecule has 19 heavy (non-hydrogen) atoms. The van der Waals surface area contributed by atoms with Crippen molar-refractivity contribution in [2.75, 3.05) is 0 Å². The lowest BCUT2D eigenvalue weighted by atomic mass is 9.87. The van der Waals surface area contributed by atoms with Gasteiger partial charge in [0.1, 0.15) is 0 Å². The molecule has 0 spiro atoms. The maximum atomic E-state index is 6.43. The number of pyridine rings is 1. The van der Waals surface area contributed by atoms with Gasteiger partial charge in [0.2, 0.25) is 0 Å². The number of aromatic nitrogens is 1. The summed E-state index contributed by atoms with van der Waals surface area (Å²) in [5, 5.41) is 0.669. The summed E-state index contributed by atoms with van der Waals surface area (Å²) in [5.41, 5.74) is 7.88. The summed E-state index contributed by atoms with van der Waals surface area (Å²) in [5.74, 6) is 0. The average Bonchev–Trinajstić information content (AvgIpc) is 2.27. The molecule has 5 heteroatoms. The van der Waals surface area contributed by atoms with Crippen LogP contribution in [-0.2, 0) is 12.0 Å². The van der Waals surface area contributed by atoms with Crippen molar-refractivity contribution in [2.45, 2.75) is 18.9 Å². The van der Waals surface area contributed by atoms with E-state index in [1.165, 1.54) is 0 Å². The third kappa shape index (κ3) is 3.78. The molecule has 2 N–H and O–H groups in total. The molecule has 0 saturated carbocycles. The Bertz CT molecular complexity index is 600. The van der Waals surface area contributed by atoms with Crippen molar-refractivity contribution in [3.8, 4) is 0 Å². The third-order valence-electron chi connectivity index (χ3n) is 2.88. The molecule has 1 unspecified atom stereocenters. The Labute approximate surface area is 134 Å². The van der Waals surface area contributed by atoms with Gasteiger partial charge in [0.25, 0.3) is 0 Å². The van der Waals surface area contributed by atoms with Gasteiger partial charge in [-0.15, -0.1) is 0 Å².